The van der Waals surface area contributed by atoms with Crippen LogP contribution >= 0.6 is 0 Å². The number of imidazole rings is 1. The van der Waals surface area contributed by atoms with Crippen LogP contribution in [-0.4, -0.2) is 62.5 Å². The number of aromatic nitrogens is 4. The fourth-order valence-corrected chi connectivity index (χ4v) is 5.83. The predicted octanol–water partition coefficient (Wildman–Crippen LogP) is 0.0734. The highest BCUT2D eigenvalue weighted by Gasteiger charge is 2.33. The summed E-state index contributed by atoms with van der Waals surface area (Å²) in [5.41, 5.74) is 0.154. The summed E-state index contributed by atoms with van der Waals surface area (Å²) in [5, 5.41) is 0. The Morgan fingerprint density at radius 3 is 2.53 bits per heavy atom. The van der Waals surface area contributed by atoms with Crippen LogP contribution in [0.3, 0.4) is 0 Å². The van der Waals surface area contributed by atoms with Crippen molar-refractivity contribution in [3.8, 4) is 0 Å². The highest BCUT2D eigenvalue weighted by molar-refractivity contribution is 7.91. The standard InChI is InChI=1S/C21H25N5O5S/c1-3-24-14-22-19-18(24)20(28)26(21(29)25(19)11-15-7-5-4-6-8-15)12-17(27)23(2)16-9-10-32(30,31)13-16/h4-8,14,16H,3,9-13H2,1-2H3/t16-/m0/s1. The second kappa shape index (κ2) is 8.38. The van der Waals surface area contributed by atoms with Crippen molar-refractivity contribution < 1.29 is 13.2 Å². The van der Waals surface area contributed by atoms with E-state index in [-0.39, 0.29) is 29.2 Å². The van der Waals surface area contributed by atoms with Crippen molar-refractivity contribution in [3.63, 3.8) is 0 Å². The quantitative estimate of drug-likeness (QED) is 0.515. The SMILES string of the molecule is CCn1cnc2c1c(=O)n(CC(=O)N(C)[C@H]1CCS(=O)(=O)C1)c(=O)n2Cc1ccccc1. The van der Waals surface area contributed by atoms with E-state index in [4.69, 9.17) is 0 Å². The number of carbonyl (C=O) groups is 1. The molecule has 1 fully saturated rings. The molecule has 0 aliphatic carbocycles. The fourth-order valence-electron chi connectivity index (χ4n) is 4.06. The first kappa shape index (κ1) is 22.0. The molecule has 3 heterocycles. The summed E-state index contributed by atoms with van der Waals surface area (Å²) in [4.78, 5) is 45.0. The molecule has 1 amide bonds. The lowest BCUT2D eigenvalue weighted by Gasteiger charge is -2.23. The molecule has 0 N–H and O–H groups in total. The minimum atomic E-state index is -3.17. The maximum Gasteiger partial charge on any atom is 0.333 e. The molecule has 1 aliphatic rings. The van der Waals surface area contributed by atoms with E-state index < -0.39 is 39.6 Å². The lowest BCUT2D eigenvalue weighted by Crippen LogP contribution is -2.46. The zero-order valence-electron chi connectivity index (χ0n) is 18.0. The van der Waals surface area contributed by atoms with Crippen LogP contribution in [0.1, 0.15) is 18.9 Å². The van der Waals surface area contributed by atoms with Crippen molar-refractivity contribution in [2.45, 2.75) is 39.0 Å². The van der Waals surface area contributed by atoms with Gasteiger partial charge in [-0.2, -0.15) is 0 Å². The van der Waals surface area contributed by atoms with Gasteiger partial charge in [-0.3, -0.25) is 14.2 Å². The first-order valence-electron chi connectivity index (χ1n) is 10.4. The predicted molar refractivity (Wildman–Crippen MR) is 119 cm³/mol. The summed E-state index contributed by atoms with van der Waals surface area (Å²) in [7, 11) is -1.66. The number of sulfone groups is 1. The van der Waals surface area contributed by atoms with E-state index in [1.165, 1.54) is 22.8 Å². The third-order valence-corrected chi connectivity index (χ3v) is 7.70. The third kappa shape index (κ3) is 3.99. The van der Waals surface area contributed by atoms with Crippen molar-refractivity contribution in [3.05, 3.63) is 63.1 Å². The summed E-state index contributed by atoms with van der Waals surface area (Å²) in [5.74, 6) is -0.565. The molecule has 0 bridgehead atoms. The van der Waals surface area contributed by atoms with Gasteiger partial charge in [-0.05, 0) is 18.9 Å². The minimum absolute atomic E-state index is 0.0285. The normalized spacial score (nSPS) is 17.6. The molecule has 170 valence electrons. The van der Waals surface area contributed by atoms with Gasteiger partial charge in [-0.1, -0.05) is 30.3 Å². The summed E-state index contributed by atoms with van der Waals surface area (Å²) >= 11 is 0. The van der Waals surface area contributed by atoms with Crippen LogP contribution in [0, 0.1) is 0 Å². The highest BCUT2D eigenvalue weighted by Crippen LogP contribution is 2.17. The van der Waals surface area contributed by atoms with Crippen molar-refractivity contribution in [2.24, 2.45) is 0 Å². The second-order valence-corrected chi connectivity index (χ2v) is 10.2. The maximum absolute atomic E-state index is 13.3. The van der Waals surface area contributed by atoms with Gasteiger partial charge in [-0.25, -0.2) is 22.8 Å². The molecule has 4 rings (SSSR count). The molecule has 0 saturated carbocycles. The number of likely N-dealkylation sites (N-methyl/N-ethyl adjacent to an activating group) is 1. The highest BCUT2D eigenvalue weighted by atomic mass is 32.2. The van der Waals surface area contributed by atoms with Gasteiger partial charge < -0.3 is 9.47 Å². The molecule has 1 atom stereocenters. The van der Waals surface area contributed by atoms with Gasteiger partial charge in [0, 0.05) is 19.6 Å². The van der Waals surface area contributed by atoms with E-state index >= 15 is 0 Å². The molecule has 0 spiro atoms. The molecule has 1 aliphatic heterocycles. The van der Waals surface area contributed by atoms with Crippen molar-refractivity contribution >= 4 is 26.9 Å². The number of hydrogen-bond donors (Lipinski definition) is 0. The molecule has 3 aromatic rings. The Morgan fingerprint density at radius 1 is 1.19 bits per heavy atom. The summed E-state index contributed by atoms with van der Waals surface area (Å²) in [6, 6.07) is 8.85. The van der Waals surface area contributed by atoms with E-state index in [0.29, 0.717) is 13.0 Å². The monoisotopic (exact) mass is 459 g/mol. The first-order valence-corrected chi connectivity index (χ1v) is 12.2. The van der Waals surface area contributed by atoms with Gasteiger partial charge in [0.25, 0.3) is 5.56 Å². The van der Waals surface area contributed by atoms with Gasteiger partial charge in [0.05, 0.1) is 24.4 Å². The Kier molecular flexibility index (Phi) is 5.76. The van der Waals surface area contributed by atoms with Crippen LogP contribution in [0.25, 0.3) is 11.2 Å². The van der Waals surface area contributed by atoms with E-state index in [0.717, 1.165) is 10.1 Å². The van der Waals surface area contributed by atoms with Gasteiger partial charge in [0.2, 0.25) is 5.91 Å². The summed E-state index contributed by atoms with van der Waals surface area (Å²) in [6.07, 6.45) is 1.86. The van der Waals surface area contributed by atoms with Crippen molar-refractivity contribution in [2.75, 3.05) is 18.6 Å². The summed E-state index contributed by atoms with van der Waals surface area (Å²) < 4.78 is 27.5. The Hall–Kier alpha value is -3.21. The number of rotatable bonds is 6. The lowest BCUT2D eigenvalue weighted by atomic mass is 10.2. The Labute approximate surface area is 184 Å². The average molecular weight is 460 g/mol. The van der Waals surface area contributed by atoms with E-state index in [9.17, 15) is 22.8 Å². The smallest absolute Gasteiger partial charge is 0.333 e. The molecule has 0 radical (unpaired) electrons. The average Bonchev–Trinajstić information content (AvgIpc) is 3.37. The molecule has 1 aromatic carbocycles. The van der Waals surface area contributed by atoms with Crippen LogP contribution in [0.2, 0.25) is 0 Å². The Balaban J connectivity index is 1.76. The zero-order valence-corrected chi connectivity index (χ0v) is 18.8. The van der Waals surface area contributed by atoms with Gasteiger partial charge >= 0.3 is 5.69 Å². The van der Waals surface area contributed by atoms with Crippen LogP contribution < -0.4 is 11.2 Å². The zero-order chi connectivity index (χ0) is 23.0. The number of hydrogen-bond acceptors (Lipinski definition) is 6. The van der Waals surface area contributed by atoms with E-state index in [1.807, 2.05) is 37.3 Å². The van der Waals surface area contributed by atoms with Crippen molar-refractivity contribution in [1.82, 2.24) is 23.6 Å². The molecule has 2 aromatic heterocycles. The summed E-state index contributed by atoms with van der Waals surface area (Å²) in [6.45, 7) is 2.06. The van der Waals surface area contributed by atoms with Crippen molar-refractivity contribution in [1.29, 1.82) is 0 Å². The van der Waals surface area contributed by atoms with Crippen LogP contribution in [0.15, 0.2) is 46.2 Å². The molecule has 0 unspecified atom stereocenters. The fraction of sp³-hybridized carbons (Fsp3) is 0.429. The number of nitrogens with zero attached hydrogens (tertiary/aromatic N) is 5. The first-order chi connectivity index (χ1) is 15.2. The maximum atomic E-state index is 13.3. The van der Waals surface area contributed by atoms with E-state index in [2.05, 4.69) is 4.98 Å². The molecule has 32 heavy (non-hydrogen) atoms. The van der Waals surface area contributed by atoms with Gasteiger partial charge in [0.15, 0.2) is 21.0 Å². The lowest BCUT2D eigenvalue weighted by molar-refractivity contribution is -0.132. The minimum Gasteiger partial charge on any atom is -0.340 e. The van der Waals surface area contributed by atoms with Crippen LogP contribution in [-0.2, 0) is 34.3 Å². The second-order valence-electron chi connectivity index (χ2n) is 8.01. The van der Waals surface area contributed by atoms with Crippen LogP contribution in [0.4, 0.5) is 0 Å². The number of fused-ring (bicyclic) bond motifs is 1. The third-order valence-electron chi connectivity index (χ3n) is 5.95. The number of aryl methyl sites for hydroxylation is 1. The molecular formula is C21H25N5O5S. The topological polar surface area (TPSA) is 116 Å². The van der Waals surface area contributed by atoms with Crippen LogP contribution in [0.5, 0.6) is 0 Å². The Morgan fingerprint density at radius 2 is 1.91 bits per heavy atom. The molecule has 11 heteroatoms. The Bertz CT molecular complexity index is 1390. The molecule has 1 saturated heterocycles. The number of benzene rings is 1. The molecular weight excluding hydrogens is 434 g/mol. The van der Waals surface area contributed by atoms with Gasteiger partial charge in [0.1, 0.15) is 6.54 Å². The largest absolute Gasteiger partial charge is 0.340 e. The number of amides is 1. The molecule has 10 nitrogen and oxygen atoms in total. The number of carbonyl (C=O) groups excluding carboxylic acids is 1. The van der Waals surface area contributed by atoms with E-state index in [1.54, 1.807) is 4.57 Å². The van der Waals surface area contributed by atoms with Gasteiger partial charge in [-0.15, -0.1) is 0 Å².